The molecule has 0 spiro atoms. The lowest BCUT2D eigenvalue weighted by molar-refractivity contribution is 0.399. The molecule has 0 aromatic heterocycles. The standard InChI is InChI=1S/C14H23NO3S/c1-11(12-8-6-7-9-13(12)18-4)15-10-14(2,3)19(5,16)17/h6-9,11,15H,10H2,1-5H3. The minimum atomic E-state index is -3.09. The van der Waals surface area contributed by atoms with Crippen LogP contribution in [-0.2, 0) is 9.84 Å². The minimum absolute atomic E-state index is 0.0252. The summed E-state index contributed by atoms with van der Waals surface area (Å²) in [6, 6.07) is 7.75. The van der Waals surface area contributed by atoms with Gasteiger partial charge in [0.1, 0.15) is 5.75 Å². The first kappa shape index (κ1) is 16.0. The molecule has 1 unspecified atom stereocenters. The molecule has 0 heterocycles. The topological polar surface area (TPSA) is 55.4 Å². The molecule has 0 aliphatic heterocycles. The highest BCUT2D eigenvalue weighted by Crippen LogP contribution is 2.25. The smallest absolute Gasteiger partial charge is 0.153 e. The molecule has 1 aromatic rings. The van der Waals surface area contributed by atoms with E-state index >= 15 is 0 Å². The van der Waals surface area contributed by atoms with Crippen molar-refractivity contribution in [1.82, 2.24) is 5.32 Å². The largest absolute Gasteiger partial charge is 0.496 e. The van der Waals surface area contributed by atoms with Crippen molar-refractivity contribution in [2.24, 2.45) is 0 Å². The summed E-state index contributed by atoms with van der Waals surface area (Å²) in [7, 11) is -1.46. The number of hydrogen-bond acceptors (Lipinski definition) is 4. The third-order valence-electron chi connectivity index (χ3n) is 3.44. The Morgan fingerprint density at radius 1 is 1.32 bits per heavy atom. The summed E-state index contributed by atoms with van der Waals surface area (Å²) in [4.78, 5) is 0. The van der Waals surface area contributed by atoms with Gasteiger partial charge in [0.05, 0.1) is 11.9 Å². The number of para-hydroxylation sites is 1. The van der Waals surface area contributed by atoms with Gasteiger partial charge in [0.15, 0.2) is 9.84 Å². The van der Waals surface area contributed by atoms with Gasteiger partial charge >= 0.3 is 0 Å². The summed E-state index contributed by atoms with van der Waals surface area (Å²) < 4.78 is 27.8. The lowest BCUT2D eigenvalue weighted by Crippen LogP contribution is -2.42. The first-order valence-electron chi connectivity index (χ1n) is 6.25. The Morgan fingerprint density at radius 2 is 1.89 bits per heavy atom. The maximum absolute atomic E-state index is 11.7. The van der Waals surface area contributed by atoms with Crippen molar-refractivity contribution in [3.63, 3.8) is 0 Å². The van der Waals surface area contributed by atoms with E-state index in [4.69, 9.17) is 4.74 Å². The zero-order chi connectivity index (χ0) is 14.7. The van der Waals surface area contributed by atoms with Crippen molar-refractivity contribution in [1.29, 1.82) is 0 Å². The van der Waals surface area contributed by atoms with Crippen molar-refractivity contribution < 1.29 is 13.2 Å². The molecule has 108 valence electrons. The summed E-state index contributed by atoms with van der Waals surface area (Å²) in [5, 5.41) is 3.26. The van der Waals surface area contributed by atoms with E-state index in [2.05, 4.69) is 5.32 Å². The first-order valence-corrected chi connectivity index (χ1v) is 8.14. The molecule has 0 aliphatic rings. The molecule has 1 rings (SSSR count). The van der Waals surface area contributed by atoms with Crippen LogP contribution >= 0.6 is 0 Å². The Kier molecular flexibility index (Phi) is 4.98. The molecule has 0 bridgehead atoms. The van der Waals surface area contributed by atoms with Crippen LogP contribution in [0, 0.1) is 0 Å². The summed E-state index contributed by atoms with van der Waals surface area (Å²) in [5.74, 6) is 0.805. The molecule has 0 radical (unpaired) electrons. The van der Waals surface area contributed by atoms with Crippen molar-refractivity contribution in [2.45, 2.75) is 31.6 Å². The van der Waals surface area contributed by atoms with Crippen molar-refractivity contribution in [3.05, 3.63) is 29.8 Å². The van der Waals surface area contributed by atoms with Gasteiger partial charge in [0.25, 0.3) is 0 Å². The maximum atomic E-state index is 11.7. The van der Waals surface area contributed by atoms with Gasteiger partial charge in [-0.15, -0.1) is 0 Å². The molecule has 0 saturated carbocycles. The first-order chi connectivity index (χ1) is 8.69. The van der Waals surface area contributed by atoms with Crippen LogP contribution in [0.25, 0.3) is 0 Å². The van der Waals surface area contributed by atoms with Gasteiger partial charge in [0, 0.05) is 24.4 Å². The summed E-state index contributed by atoms with van der Waals surface area (Å²) in [5.41, 5.74) is 1.02. The van der Waals surface area contributed by atoms with Crippen molar-refractivity contribution in [2.75, 3.05) is 19.9 Å². The second-order valence-corrected chi connectivity index (χ2v) is 8.03. The lowest BCUT2D eigenvalue weighted by Gasteiger charge is -2.26. The van der Waals surface area contributed by atoms with Gasteiger partial charge in [-0.1, -0.05) is 18.2 Å². The fourth-order valence-corrected chi connectivity index (χ4v) is 2.01. The SMILES string of the molecule is COc1ccccc1C(C)NCC(C)(C)S(C)(=O)=O. The Hall–Kier alpha value is -1.07. The summed E-state index contributed by atoms with van der Waals surface area (Å²) in [6.07, 6.45) is 1.27. The van der Waals surface area contributed by atoms with E-state index < -0.39 is 14.6 Å². The summed E-state index contributed by atoms with van der Waals surface area (Å²) in [6.45, 7) is 5.84. The van der Waals surface area contributed by atoms with Gasteiger partial charge in [-0.25, -0.2) is 8.42 Å². The molecule has 4 nitrogen and oxygen atoms in total. The highest BCUT2D eigenvalue weighted by molar-refractivity contribution is 7.92. The van der Waals surface area contributed by atoms with E-state index in [1.54, 1.807) is 21.0 Å². The fourth-order valence-electron chi connectivity index (χ4n) is 1.66. The molecule has 1 atom stereocenters. The average molecular weight is 285 g/mol. The van der Waals surface area contributed by atoms with Crippen LogP contribution in [0.1, 0.15) is 32.4 Å². The third-order valence-corrected chi connectivity index (χ3v) is 5.60. The van der Waals surface area contributed by atoms with Crippen molar-refractivity contribution in [3.8, 4) is 5.75 Å². The molecule has 0 saturated heterocycles. The predicted octanol–water partition coefficient (Wildman–Crippen LogP) is 2.17. The van der Waals surface area contributed by atoms with E-state index in [1.165, 1.54) is 6.26 Å². The maximum Gasteiger partial charge on any atom is 0.153 e. The molecular weight excluding hydrogens is 262 g/mol. The fraction of sp³-hybridized carbons (Fsp3) is 0.571. The number of benzene rings is 1. The number of hydrogen-bond donors (Lipinski definition) is 1. The normalized spacial score (nSPS) is 14.2. The van der Waals surface area contributed by atoms with Gasteiger partial charge in [-0.3, -0.25) is 0 Å². The third kappa shape index (κ3) is 3.94. The predicted molar refractivity (Wildman–Crippen MR) is 78.3 cm³/mol. The second-order valence-electron chi connectivity index (χ2n) is 5.38. The monoisotopic (exact) mass is 285 g/mol. The van der Waals surface area contributed by atoms with Crippen molar-refractivity contribution >= 4 is 9.84 Å². The van der Waals surface area contributed by atoms with Gasteiger partial charge in [-0.2, -0.15) is 0 Å². The number of sulfone groups is 1. The van der Waals surface area contributed by atoms with Crippen LogP contribution in [0.4, 0.5) is 0 Å². The number of methoxy groups -OCH3 is 1. The zero-order valence-electron chi connectivity index (χ0n) is 12.2. The van der Waals surface area contributed by atoms with Gasteiger partial charge in [0.2, 0.25) is 0 Å². The minimum Gasteiger partial charge on any atom is -0.496 e. The van der Waals surface area contributed by atoms with E-state index in [9.17, 15) is 8.42 Å². The second kappa shape index (κ2) is 5.92. The molecule has 1 aromatic carbocycles. The Balaban J connectivity index is 2.79. The Labute approximate surface area is 116 Å². The average Bonchev–Trinajstić information content (AvgIpc) is 2.34. The van der Waals surface area contributed by atoms with Crippen LogP contribution in [0.5, 0.6) is 5.75 Å². The molecular formula is C14H23NO3S. The van der Waals surface area contributed by atoms with E-state index in [0.717, 1.165) is 11.3 Å². The molecule has 0 fully saturated rings. The van der Waals surface area contributed by atoms with E-state index in [-0.39, 0.29) is 6.04 Å². The van der Waals surface area contributed by atoms with Gasteiger partial charge in [-0.05, 0) is 26.8 Å². The van der Waals surface area contributed by atoms with Crippen LogP contribution in [0.2, 0.25) is 0 Å². The Bertz CT molecular complexity index is 523. The molecule has 5 heteroatoms. The van der Waals surface area contributed by atoms with Gasteiger partial charge < -0.3 is 10.1 Å². The zero-order valence-corrected chi connectivity index (χ0v) is 13.0. The highest BCUT2D eigenvalue weighted by Gasteiger charge is 2.30. The van der Waals surface area contributed by atoms with Crippen LogP contribution < -0.4 is 10.1 Å². The van der Waals surface area contributed by atoms with E-state index in [0.29, 0.717) is 6.54 Å². The molecule has 0 aliphatic carbocycles. The van der Waals surface area contributed by atoms with Crippen LogP contribution in [-0.4, -0.2) is 33.1 Å². The summed E-state index contributed by atoms with van der Waals surface area (Å²) >= 11 is 0. The van der Waals surface area contributed by atoms with Crippen LogP contribution in [0.15, 0.2) is 24.3 Å². The molecule has 19 heavy (non-hydrogen) atoms. The van der Waals surface area contributed by atoms with E-state index in [1.807, 2.05) is 31.2 Å². The Morgan fingerprint density at radius 3 is 2.42 bits per heavy atom. The number of ether oxygens (including phenoxy) is 1. The van der Waals surface area contributed by atoms with Crippen LogP contribution in [0.3, 0.4) is 0 Å². The lowest BCUT2D eigenvalue weighted by atomic mass is 10.1. The molecule has 0 amide bonds. The number of rotatable bonds is 6. The highest BCUT2D eigenvalue weighted by atomic mass is 32.2. The quantitative estimate of drug-likeness (QED) is 0.870. The molecule has 1 N–H and O–H groups in total. The number of nitrogens with one attached hydrogen (secondary N) is 1.